The summed E-state index contributed by atoms with van der Waals surface area (Å²) in [4.78, 5) is 4.57. The van der Waals surface area contributed by atoms with Crippen molar-refractivity contribution in [3.8, 4) is 0 Å². The second-order valence-electron chi connectivity index (χ2n) is 7.27. The van der Waals surface area contributed by atoms with E-state index in [0.29, 0.717) is 18.0 Å². The van der Waals surface area contributed by atoms with Gasteiger partial charge in [0.05, 0.1) is 10.6 Å². The Labute approximate surface area is 159 Å². The maximum Gasteiger partial charge on any atom is 0.243 e. The molecule has 0 N–H and O–H groups in total. The molecular weight excluding hydrogens is 362 g/mol. The Bertz CT molecular complexity index is 1100. The van der Waals surface area contributed by atoms with Gasteiger partial charge in [0.1, 0.15) is 6.33 Å². The van der Waals surface area contributed by atoms with E-state index >= 15 is 0 Å². The number of aryl methyl sites for hydroxylation is 3. The van der Waals surface area contributed by atoms with E-state index in [1.807, 2.05) is 39.0 Å². The molecule has 8 heteroatoms. The van der Waals surface area contributed by atoms with Crippen molar-refractivity contribution in [3.05, 3.63) is 53.0 Å². The van der Waals surface area contributed by atoms with Gasteiger partial charge in [-0.2, -0.15) is 9.40 Å². The zero-order chi connectivity index (χ0) is 19.2. The quantitative estimate of drug-likeness (QED) is 0.692. The molecule has 27 heavy (non-hydrogen) atoms. The van der Waals surface area contributed by atoms with Crippen molar-refractivity contribution in [1.82, 2.24) is 24.1 Å². The van der Waals surface area contributed by atoms with E-state index in [0.717, 1.165) is 40.9 Å². The smallest absolute Gasteiger partial charge is 0.213 e. The van der Waals surface area contributed by atoms with Crippen molar-refractivity contribution in [3.63, 3.8) is 0 Å². The molecule has 1 saturated heterocycles. The Morgan fingerprint density at radius 2 is 1.78 bits per heavy atom. The normalized spacial score (nSPS) is 16.9. The molecule has 0 amide bonds. The van der Waals surface area contributed by atoms with Gasteiger partial charge in [-0.3, -0.25) is 0 Å². The molecule has 1 aliphatic rings. The molecule has 3 heterocycles. The highest BCUT2D eigenvalue weighted by atomic mass is 32.2. The zero-order valence-electron chi connectivity index (χ0n) is 15.8. The van der Waals surface area contributed by atoms with Gasteiger partial charge in [-0.15, -0.1) is 9.73 Å². The Balaban J connectivity index is 1.55. The number of fused-ring (bicyclic) bond motifs is 1. The lowest BCUT2D eigenvalue weighted by Crippen LogP contribution is -2.38. The molecule has 4 rings (SSSR count). The first kappa shape index (κ1) is 18.1. The predicted octanol–water partition coefficient (Wildman–Crippen LogP) is 2.62. The fourth-order valence-corrected chi connectivity index (χ4v) is 5.54. The molecule has 7 nitrogen and oxygen atoms in total. The number of hydrogen-bond donors (Lipinski definition) is 0. The van der Waals surface area contributed by atoms with Crippen LogP contribution in [0.15, 0.2) is 35.5 Å². The van der Waals surface area contributed by atoms with Crippen molar-refractivity contribution in [2.75, 3.05) is 13.1 Å². The monoisotopic (exact) mass is 385 g/mol. The van der Waals surface area contributed by atoms with Crippen LogP contribution in [0.5, 0.6) is 0 Å². The molecule has 0 aliphatic carbocycles. The highest BCUT2D eigenvalue weighted by molar-refractivity contribution is 7.89. The second-order valence-corrected chi connectivity index (χ2v) is 9.17. The largest absolute Gasteiger partial charge is 0.243 e. The van der Waals surface area contributed by atoms with Crippen molar-refractivity contribution in [1.29, 1.82) is 0 Å². The van der Waals surface area contributed by atoms with Gasteiger partial charge >= 0.3 is 0 Å². The minimum absolute atomic E-state index is 0.226. The molecule has 0 radical (unpaired) electrons. The molecule has 3 aromatic rings. The maximum atomic E-state index is 13.1. The van der Waals surface area contributed by atoms with Crippen molar-refractivity contribution in [2.24, 2.45) is 0 Å². The summed E-state index contributed by atoms with van der Waals surface area (Å²) in [5.74, 6) is 0.226. The number of rotatable bonds is 3. The lowest BCUT2D eigenvalue weighted by atomic mass is 9.92. The Kier molecular flexibility index (Phi) is 4.47. The third-order valence-corrected chi connectivity index (χ3v) is 7.36. The third-order valence-electron chi connectivity index (χ3n) is 5.30. The summed E-state index contributed by atoms with van der Waals surface area (Å²) >= 11 is 0. The van der Waals surface area contributed by atoms with E-state index in [9.17, 15) is 8.42 Å². The Morgan fingerprint density at radius 1 is 1.04 bits per heavy atom. The van der Waals surface area contributed by atoms with E-state index in [1.54, 1.807) is 15.0 Å². The number of hydrogen-bond acceptors (Lipinski definition) is 5. The van der Waals surface area contributed by atoms with Gasteiger partial charge in [0.25, 0.3) is 0 Å². The maximum absolute atomic E-state index is 13.1. The van der Waals surface area contributed by atoms with Gasteiger partial charge in [-0.25, -0.2) is 13.4 Å². The van der Waals surface area contributed by atoms with Crippen LogP contribution in [0.4, 0.5) is 0 Å². The molecule has 0 unspecified atom stereocenters. The topological polar surface area (TPSA) is 80.5 Å². The Morgan fingerprint density at radius 3 is 2.48 bits per heavy atom. The minimum atomic E-state index is -3.47. The highest BCUT2D eigenvalue weighted by Gasteiger charge is 2.32. The average molecular weight is 385 g/mol. The molecule has 0 atom stereocenters. The van der Waals surface area contributed by atoms with Crippen molar-refractivity contribution < 1.29 is 8.42 Å². The van der Waals surface area contributed by atoms with Crippen LogP contribution < -0.4 is 0 Å². The van der Waals surface area contributed by atoms with Crippen LogP contribution >= 0.6 is 0 Å². The summed E-state index contributed by atoms with van der Waals surface area (Å²) in [5, 5.41) is 8.72. The number of nitrogens with zero attached hydrogens (tertiary/aromatic N) is 5. The molecule has 0 spiro atoms. The van der Waals surface area contributed by atoms with Crippen molar-refractivity contribution in [2.45, 2.75) is 44.4 Å². The average Bonchev–Trinajstić information content (AvgIpc) is 3.08. The van der Waals surface area contributed by atoms with Gasteiger partial charge in [0.2, 0.25) is 10.0 Å². The molecule has 2 aromatic heterocycles. The third kappa shape index (κ3) is 3.23. The number of sulfonamides is 1. The van der Waals surface area contributed by atoms with E-state index in [-0.39, 0.29) is 5.92 Å². The van der Waals surface area contributed by atoms with E-state index in [2.05, 4.69) is 15.2 Å². The van der Waals surface area contributed by atoms with E-state index in [1.165, 1.54) is 6.33 Å². The van der Waals surface area contributed by atoms with Crippen LogP contribution in [-0.2, 0) is 10.0 Å². The summed E-state index contributed by atoms with van der Waals surface area (Å²) in [7, 11) is -3.47. The standard InChI is InChI=1S/C19H23N5O2S/c1-13-4-5-17(14(2)10-13)27(25,26)23-8-6-16(7-9-23)19-15(3)11-18-20-12-21-24(18)22-19/h4-5,10-12,16H,6-9H2,1-3H3. The number of benzene rings is 1. The summed E-state index contributed by atoms with van der Waals surface area (Å²) in [6.45, 7) is 6.84. The molecule has 142 valence electrons. The first-order valence-corrected chi connectivity index (χ1v) is 10.6. The fourth-order valence-electron chi connectivity index (χ4n) is 3.87. The van der Waals surface area contributed by atoms with Crippen LogP contribution in [0, 0.1) is 20.8 Å². The van der Waals surface area contributed by atoms with Crippen LogP contribution in [-0.4, -0.2) is 45.6 Å². The predicted molar refractivity (Wildman–Crippen MR) is 102 cm³/mol. The minimum Gasteiger partial charge on any atom is -0.213 e. The van der Waals surface area contributed by atoms with Gasteiger partial charge in [0, 0.05) is 19.0 Å². The summed E-state index contributed by atoms with van der Waals surface area (Å²) in [5.41, 5.74) is 4.65. The molecule has 0 saturated carbocycles. The summed E-state index contributed by atoms with van der Waals surface area (Å²) < 4.78 is 29.3. The van der Waals surface area contributed by atoms with E-state index < -0.39 is 10.0 Å². The van der Waals surface area contributed by atoms with Crippen LogP contribution in [0.1, 0.15) is 41.1 Å². The number of aromatic nitrogens is 4. The van der Waals surface area contributed by atoms with Gasteiger partial charge in [-0.1, -0.05) is 17.7 Å². The van der Waals surface area contributed by atoms with Gasteiger partial charge in [0.15, 0.2) is 5.65 Å². The molecular formula is C19H23N5O2S. The molecule has 0 bridgehead atoms. The fraction of sp³-hybridized carbons (Fsp3) is 0.421. The first-order chi connectivity index (χ1) is 12.9. The first-order valence-electron chi connectivity index (χ1n) is 9.11. The van der Waals surface area contributed by atoms with Crippen molar-refractivity contribution >= 4 is 15.7 Å². The van der Waals surface area contributed by atoms with Crippen LogP contribution in [0.2, 0.25) is 0 Å². The summed E-state index contributed by atoms with van der Waals surface area (Å²) in [6, 6.07) is 7.47. The summed E-state index contributed by atoms with van der Waals surface area (Å²) in [6.07, 6.45) is 2.99. The van der Waals surface area contributed by atoms with Crippen LogP contribution in [0.25, 0.3) is 5.65 Å². The lowest BCUT2D eigenvalue weighted by molar-refractivity contribution is 0.314. The van der Waals surface area contributed by atoms with E-state index in [4.69, 9.17) is 0 Å². The van der Waals surface area contributed by atoms with Gasteiger partial charge < -0.3 is 0 Å². The Hall–Kier alpha value is -2.32. The SMILES string of the molecule is Cc1ccc(S(=O)(=O)N2CCC(c3nn4ncnc4cc3C)CC2)c(C)c1. The second kappa shape index (κ2) is 6.69. The molecule has 1 aliphatic heterocycles. The van der Waals surface area contributed by atoms with Gasteiger partial charge in [-0.05, 0) is 56.9 Å². The number of piperidine rings is 1. The zero-order valence-corrected chi connectivity index (χ0v) is 16.6. The van der Waals surface area contributed by atoms with Crippen LogP contribution in [0.3, 0.4) is 0 Å². The molecule has 1 fully saturated rings. The highest BCUT2D eigenvalue weighted by Crippen LogP contribution is 2.32. The lowest BCUT2D eigenvalue weighted by Gasteiger charge is -2.31. The molecule has 1 aromatic carbocycles.